The second kappa shape index (κ2) is 7.87. The third kappa shape index (κ3) is 4.11. The lowest BCUT2D eigenvalue weighted by Gasteiger charge is -2.37. The third-order valence-electron chi connectivity index (χ3n) is 4.28. The average molecular weight is 297 g/mol. The van der Waals surface area contributed by atoms with Crippen LogP contribution < -0.4 is 10.5 Å². The first-order chi connectivity index (χ1) is 9.72. The second-order valence-electron chi connectivity index (χ2n) is 5.61. The molecule has 1 aromatic carbocycles. The summed E-state index contributed by atoms with van der Waals surface area (Å²) in [6.45, 7) is 2.36. The highest BCUT2D eigenvalue weighted by molar-refractivity contribution is 6.32. The van der Waals surface area contributed by atoms with Crippen molar-refractivity contribution in [3.63, 3.8) is 0 Å². The molecule has 112 valence electrons. The highest BCUT2D eigenvalue weighted by Crippen LogP contribution is 2.27. The fourth-order valence-corrected chi connectivity index (χ4v) is 3.26. The van der Waals surface area contributed by atoms with Crippen LogP contribution in [0.25, 0.3) is 0 Å². The fraction of sp³-hybridized carbons (Fsp3) is 0.625. The summed E-state index contributed by atoms with van der Waals surface area (Å²) in [5.74, 6) is 1.40. The Labute approximate surface area is 127 Å². The normalized spacial score (nSPS) is 23.0. The minimum absolute atomic E-state index is 0.601. The van der Waals surface area contributed by atoms with Crippen molar-refractivity contribution in [2.24, 2.45) is 11.7 Å². The number of rotatable bonds is 6. The minimum atomic E-state index is 0.601. The Morgan fingerprint density at radius 2 is 2.05 bits per heavy atom. The quantitative estimate of drug-likeness (QED) is 0.876. The van der Waals surface area contributed by atoms with Crippen LogP contribution in [-0.2, 0) is 0 Å². The van der Waals surface area contributed by atoms with Gasteiger partial charge in [-0.05, 0) is 44.5 Å². The minimum Gasteiger partial charge on any atom is -0.491 e. The van der Waals surface area contributed by atoms with Crippen LogP contribution in [0.5, 0.6) is 5.75 Å². The topological polar surface area (TPSA) is 38.5 Å². The van der Waals surface area contributed by atoms with E-state index in [1.54, 1.807) is 0 Å². The molecule has 1 aliphatic rings. The van der Waals surface area contributed by atoms with Gasteiger partial charge in [-0.3, -0.25) is 4.90 Å². The molecule has 4 heteroatoms. The van der Waals surface area contributed by atoms with E-state index in [0.29, 0.717) is 23.6 Å². The summed E-state index contributed by atoms with van der Waals surface area (Å²) in [5.41, 5.74) is 5.90. The Morgan fingerprint density at radius 1 is 1.30 bits per heavy atom. The maximum Gasteiger partial charge on any atom is 0.137 e. The number of hydrogen-bond acceptors (Lipinski definition) is 3. The largest absolute Gasteiger partial charge is 0.491 e. The van der Waals surface area contributed by atoms with Gasteiger partial charge in [0.1, 0.15) is 12.4 Å². The van der Waals surface area contributed by atoms with Gasteiger partial charge in [0.25, 0.3) is 0 Å². The number of hydrogen-bond donors (Lipinski definition) is 1. The SMILES string of the molecule is CN(CCOc1ccccc1Cl)C1CCCCC1CN. The molecule has 0 aromatic heterocycles. The highest BCUT2D eigenvalue weighted by Gasteiger charge is 2.26. The van der Waals surface area contributed by atoms with Crippen LogP contribution in [-0.4, -0.2) is 37.7 Å². The summed E-state index contributed by atoms with van der Waals surface area (Å²) in [6.07, 6.45) is 5.15. The number of nitrogens with zero attached hydrogens (tertiary/aromatic N) is 1. The predicted molar refractivity (Wildman–Crippen MR) is 84.4 cm³/mol. The van der Waals surface area contributed by atoms with Crippen molar-refractivity contribution in [1.82, 2.24) is 4.90 Å². The summed E-state index contributed by atoms with van der Waals surface area (Å²) >= 11 is 6.08. The zero-order chi connectivity index (χ0) is 14.4. The fourth-order valence-electron chi connectivity index (χ4n) is 3.07. The van der Waals surface area contributed by atoms with Crippen molar-refractivity contribution >= 4 is 11.6 Å². The van der Waals surface area contributed by atoms with Gasteiger partial charge in [-0.15, -0.1) is 0 Å². The monoisotopic (exact) mass is 296 g/mol. The van der Waals surface area contributed by atoms with E-state index >= 15 is 0 Å². The Kier molecular flexibility index (Phi) is 6.14. The zero-order valence-electron chi connectivity index (χ0n) is 12.2. The van der Waals surface area contributed by atoms with Gasteiger partial charge < -0.3 is 10.5 Å². The van der Waals surface area contributed by atoms with E-state index in [1.165, 1.54) is 25.7 Å². The molecule has 0 bridgehead atoms. The summed E-state index contributed by atoms with van der Waals surface area (Å²) in [4.78, 5) is 2.40. The molecule has 0 radical (unpaired) electrons. The molecule has 2 rings (SSSR count). The first-order valence-electron chi connectivity index (χ1n) is 7.50. The summed E-state index contributed by atoms with van der Waals surface area (Å²) in [7, 11) is 2.18. The van der Waals surface area contributed by atoms with Gasteiger partial charge in [0.2, 0.25) is 0 Å². The molecule has 0 heterocycles. The maximum atomic E-state index is 6.08. The number of ether oxygens (including phenoxy) is 1. The maximum absolute atomic E-state index is 6.08. The number of likely N-dealkylation sites (N-methyl/N-ethyl adjacent to an activating group) is 1. The van der Waals surface area contributed by atoms with Crippen molar-refractivity contribution in [1.29, 1.82) is 0 Å². The Balaban J connectivity index is 1.79. The molecule has 20 heavy (non-hydrogen) atoms. The molecule has 1 saturated carbocycles. The average Bonchev–Trinajstić information content (AvgIpc) is 2.49. The third-order valence-corrected chi connectivity index (χ3v) is 4.59. The van der Waals surface area contributed by atoms with E-state index in [4.69, 9.17) is 22.1 Å². The molecule has 0 amide bonds. The van der Waals surface area contributed by atoms with Gasteiger partial charge in [0, 0.05) is 12.6 Å². The summed E-state index contributed by atoms with van der Waals surface area (Å²) < 4.78 is 5.76. The Hall–Kier alpha value is -0.770. The van der Waals surface area contributed by atoms with Crippen molar-refractivity contribution in [3.8, 4) is 5.75 Å². The molecule has 1 aliphatic carbocycles. The van der Waals surface area contributed by atoms with Crippen molar-refractivity contribution < 1.29 is 4.74 Å². The van der Waals surface area contributed by atoms with Gasteiger partial charge >= 0.3 is 0 Å². The Bertz CT molecular complexity index is 413. The number of para-hydroxylation sites is 1. The molecule has 3 nitrogen and oxygen atoms in total. The van der Waals surface area contributed by atoms with Gasteiger partial charge in [0.05, 0.1) is 5.02 Å². The first kappa shape index (κ1) is 15.6. The van der Waals surface area contributed by atoms with E-state index in [0.717, 1.165) is 18.8 Å². The lowest BCUT2D eigenvalue weighted by Crippen LogP contribution is -2.44. The molecule has 0 aliphatic heterocycles. The molecule has 2 unspecified atom stereocenters. The van der Waals surface area contributed by atoms with Crippen LogP contribution >= 0.6 is 11.6 Å². The predicted octanol–water partition coefficient (Wildman–Crippen LogP) is 3.17. The standard InChI is InChI=1S/C16H25ClN2O/c1-19(15-8-4-2-6-13(15)12-18)10-11-20-16-9-5-3-7-14(16)17/h3,5,7,9,13,15H,2,4,6,8,10-12,18H2,1H3. The molecule has 1 aromatic rings. The lowest BCUT2D eigenvalue weighted by atomic mass is 9.84. The van der Waals surface area contributed by atoms with E-state index in [9.17, 15) is 0 Å². The molecule has 1 fully saturated rings. The highest BCUT2D eigenvalue weighted by atomic mass is 35.5. The van der Waals surface area contributed by atoms with E-state index < -0.39 is 0 Å². The summed E-state index contributed by atoms with van der Waals surface area (Å²) in [5, 5.41) is 0.674. The molecular formula is C16H25ClN2O. The molecular weight excluding hydrogens is 272 g/mol. The Morgan fingerprint density at radius 3 is 2.80 bits per heavy atom. The lowest BCUT2D eigenvalue weighted by molar-refractivity contribution is 0.115. The van der Waals surface area contributed by atoms with E-state index in [-0.39, 0.29) is 0 Å². The van der Waals surface area contributed by atoms with Crippen LogP contribution in [0.4, 0.5) is 0 Å². The van der Waals surface area contributed by atoms with Crippen molar-refractivity contribution in [3.05, 3.63) is 29.3 Å². The van der Waals surface area contributed by atoms with E-state index in [2.05, 4.69) is 11.9 Å². The van der Waals surface area contributed by atoms with Gasteiger partial charge in [-0.1, -0.05) is 36.6 Å². The molecule has 0 saturated heterocycles. The van der Waals surface area contributed by atoms with Crippen molar-refractivity contribution in [2.45, 2.75) is 31.7 Å². The molecule has 2 atom stereocenters. The van der Waals surface area contributed by atoms with Gasteiger partial charge in [0.15, 0.2) is 0 Å². The van der Waals surface area contributed by atoms with Crippen LogP contribution in [0.15, 0.2) is 24.3 Å². The van der Waals surface area contributed by atoms with Crippen molar-refractivity contribution in [2.75, 3.05) is 26.7 Å². The summed E-state index contributed by atoms with van der Waals surface area (Å²) in [6, 6.07) is 8.22. The zero-order valence-corrected chi connectivity index (χ0v) is 13.0. The van der Waals surface area contributed by atoms with Crippen LogP contribution in [0.1, 0.15) is 25.7 Å². The molecule has 0 spiro atoms. The van der Waals surface area contributed by atoms with Gasteiger partial charge in [-0.25, -0.2) is 0 Å². The van der Waals surface area contributed by atoms with Crippen LogP contribution in [0.3, 0.4) is 0 Å². The number of benzene rings is 1. The van der Waals surface area contributed by atoms with Crippen LogP contribution in [0.2, 0.25) is 5.02 Å². The first-order valence-corrected chi connectivity index (χ1v) is 7.88. The molecule has 2 N–H and O–H groups in total. The number of nitrogens with two attached hydrogens (primary N) is 1. The van der Waals surface area contributed by atoms with E-state index in [1.807, 2.05) is 24.3 Å². The smallest absolute Gasteiger partial charge is 0.137 e. The second-order valence-corrected chi connectivity index (χ2v) is 6.01. The van der Waals surface area contributed by atoms with Crippen LogP contribution in [0, 0.1) is 5.92 Å². The number of halogens is 1. The van der Waals surface area contributed by atoms with Gasteiger partial charge in [-0.2, -0.15) is 0 Å².